The lowest BCUT2D eigenvalue weighted by atomic mass is 10.2. The van der Waals surface area contributed by atoms with Gasteiger partial charge in [-0.15, -0.1) is 0 Å². The molecule has 0 bridgehead atoms. The maximum atomic E-state index is 10.6. The van der Waals surface area contributed by atoms with Crippen LogP contribution >= 0.6 is 22.3 Å². The highest BCUT2D eigenvalue weighted by atomic mass is 35.7. The zero-order valence-corrected chi connectivity index (χ0v) is 8.90. The molecule has 1 aromatic rings. The van der Waals surface area contributed by atoms with Gasteiger partial charge in [-0.3, -0.25) is 0 Å². The summed E-state index contributed by atoms with van der Waals surface area (Å²) >= 11 is 5.55. The summed E-state index contributed by atoms with van der Waals surface area (Å²) in [7, 11) is 1.62. The Morgan fingerprint density at radius 3 is 2.54 bits per heavy atom. The van der Waals surface area contributed by atoms with Gasteiger partial charge in [-0.05, 0) is 18.1 Å². The van der Waals surface area contributed by atoms with Gasteiger partial charge in [0.2, 0.25) is 9.05 Å². The van der Waals surface area contributed by atoms with Crippen LogP contribution in [0.25, 0.3) is 0 Å². The van der Waals surface area contributed by atoms with Crippen molar-refractivity contribution in [3.63, 3.8) is 0 Å². The van der Waals surface area contributed by atoms with E-state index in [2.05, 4.69) is 4.98 Å². The van der Waals surface area contributed by atoms with E-state index in [1.807, 2.05) is 0 Å². The summed E-state index contributed by atoms with van der Waals surface area (Å²) in [5.74, 6) is -0.0854. The molecule has 0 saturated carbocycles. The van der Waals surface area contributed by atoms with Crippen molar-refractivity contribution in [1.29, 1.82) is 0 Å². The fourth-order valence-corrected chi connectivity index (χ4v) is 1.62. The van der Waals surface area contributed by atoms with Gasteiger partial charge in [-0.25, -0.2) is 13.4 Å². The van der Waals surface area contributed by atoms with Crippen LogP contribution in [-0.2, 0) is 15.5 Å². The molecular formula is C7H7Cl2NO2S. The standard InChI is InChI=1S/C7H7Cl2NO2S/c8-7-2-1-6(5-10-7)3-4-13(9,11)12/h1-2,5H,3-4H2. The molecule has 0 spiro atoms. The number of aromatic nitrogens is 1. The van der Waals surface area contributed by atoms with Gasteiger partial charge < -0.3 is 0 Å². The van der Waals surface area contributed by atoms with Crippen molar-refractivity contribution in [1.82, 2.24) is 4.98 Å². The van der Waals surface area contributed by atoms with Crippen molar-refractivity contribution in [2.75, 3.05) is 5.75 Å². The highest BCUT2D eigenvalue weighted by Gasteiger charge is 2.05. The first-order valence-electron chi connectivity index (χ1n) is 3.50. The molecule has 72 valence electrons. The van der Waals surface area contributed by atoms with Crippen LogP contribution < -0.4 is 0 Å². The normalized spacial score (nSPS) is 11.5. The first kappa shape index (κ1) is 10.8. The van der Waals surface area contributed by atoms with Gasteiger partial charge >= 0.3 is 0 Å². The van der Waals surface area contributed by atoms with Crippen LogP contribution in [0.15, 0.2) is 18.3 Å². The number of pyridine rings is 1. The van der Waals surface area contributed by atoms with Crippen molar-refractivity contribution in [2.24, 2.45) is 0 Å². The predicted octanol–water partition coefficient (Wildman–Crippen LogP) is 1.85. The molecule has 0 radical (unpaired) electrons. The smallest absolute Gasteiger partial charge is 0.232 e. The minimum atomic E-state index is -3.42. The summed E-state index contributed by atoms with van der Waals surface area (Å²) in [6, 6.07) is 3.33. The first-order valence-corrected chi connectivity index (χ1v) is 6.36. The lowest BCUT2D eigenvalue weighted by Gasteiger charge is -1.97. The van der Waals surface area contributed by atoms with E-state index in [0.29, 0.717) is 11.6 Å². The van der Waals surface area contributed by atoms with E-state index < -0.39 is 9.05 Å². The number of hydrogen-bond acceptors (Lipinski definition) is 3. The van der Waals surface area contributed by atoms with E-state index in [4.69, 9.17) is 22.3 Å². The van der Waals surface area contributed by atoms with E-state index in [1.54, 1.807) is 12.1 Å². The zero-order valence-electron chi connectivity index (χ0n) is 6.57. The molecule has 6 heteroatoms. The van der Waals surface area contributed by atoms with E-state index in [-0.39, 0.29) is 5.75 Å². The Balaban J connectivity index is 2.61. The molecule has 0 aromatic carbocycles. The van der Waals surface area contributed by atoms with Crippen molar-refractivity contribution < 1.29 is 8.42 Å². The lowest BCUT2D eigenvalue weighted by Crippen LogP contribution is -2.01. The highest BCUT2D eigenvalue weighted by molar-refractivity contribution is 8.13. The number of nitrogens with zero attached hydrogens (tertiary/aromatic N) is 1. The molecule has 1 rings (SSSR count). The zero-order chi connectivity index (χ0) is 9.90. The third kappa shape index (κ3) is 4.45. The number of halogens is 2. The van der Waals surface area contributed by atoms with Gasteiger partial charge in [0.25, 0.3) is 0 Å². The topological polar surface area (TPSA) is 47.0 Å². The third-order valence-corrected chi connectivity index (χ3v) is 2.80. The molecule has 0 atom stereocenters. The van der Waals surface area contributed by atoms with Crippen LogP contribution in [0.3, 0.4) is 0 Å². The van der Waals surface area contributed by atoms with Crippen LogP contribution in [0.4, 0.5) is 0 Å². The van der Waals surface area contributed by atoms with Crippen molar-refractivity contribution in [3.05, 3.63) is 29.0 Å². The first-order chi connectivity index (χ1) is 5.97. The van der Waals surface area contributed by atoms with Crippen LogP contribution in [0.5, 0.6) is 0 Å². The third-order valence-electron chi connectivity index (χ3n) is 1.42. The van der Waals surface area contributed by atoms with E-state index in [9.17, 15) is 8.42 Å². The highest BCUT2D eigenvalue weighted by Crippen LogP contribution is 2.07. The maximum Gasteiger partial charge on any atom is 0.232 e. The molecule has 0 fully saturated rings. The minimum absolute atomic E-state index is 0.0854. The molecule has 0 saturated heterocycles. The summed E-state index contributed by atoms with van der Waals surface area (Å²) in [5.41, 5.74) is 0.800. The van der Waals surface area contributed by atoms with Gasteiger partial charge in [0.1, 0.15) is 5.15 Å². The fraction of sp³-hybridized carbons (Fsp3) is 0.286. The summed E-state index contributed by atoms with van der Waals surface area (Å²) in [4.78, 5) is 3.81. The molecule has 0 unspecified atom stereocenters. The van der Waals surface area contributed by atoms with E-state index in [1.165, 1.54) is 6.20 Å². The Kier molecular flexibility index (Phi) is 3.53. The lowest BCUT2D eigenvalue weighted by molar-refractivity contribution is 0.609. The van der Waals surface area contributed by atoms with E-state index >= 15 is 0 Å². The Labute approximate surface area is 86.1 Å². The molecule has 3 nitrogen and oxygen atoms in total. The Bertz CT molecular complexity index is 374. The molecule has 13 heavy (non-hydrogen) atoms. The summed E-state index contributed by atoms with van der Waals surface area (Å²) in [6.45, 7) is 0. The van der Waals surface area contributed by atoms with Gasteiger partial charge in [-0.2, -0.15) is 0 Å². The molecule has 0 aliphatic carbocycles. The van der Waals surface area contributed by atoms with Crippen LogP contribution in [0, 0.1) is 0 Å². The predicted molar refractivity (Wildman–Crippen MR) is 52.6 cm³/mol. The second kappa shape index (κ2) is 4.26. The number of hydrogen-bond donors (Lipinski definition) is 0. The molecule has 0 amide bonds. The van der Waals surface area contributed by atoms with Crippen molar-refractivity contribution in [3.8, 4) is 0 Å². The second-order valence-corrected chi connectivity index (χ2v) is 5.77. The SMILES string of the molecule is O=S(=O)(Cl)CCc1ccc(Cl)nc1. The molecule has 0 N–H and O–H groups in total. The van der Waals surface area contributed by atoms with Gasteiger partial charge in [0, 0.05) is 16.9 Å². The van der Waals surface area contributed by atoms with Crippen molar-refractivity contribution >= 4 is 31.3 Å². The van der Waals surface area contributed by atoms with E-state index in [0.717, 1.165) is 5.56 Å². The number of aryl methyl sites for hydroxylation is 1. The van der Waals surface area contributed by atoms with Gasteiger partial charge in [0.15, 0.2) is 0 Å². The summed E-state index contributed by atoms with van der Waals surface area (Å²) in [6.07, 6.45) is 1.89. The van der Waals surface area contributed by atoms with Crippen LogP contribution in [-0.4, -0.2) is 19.2 Å². The maximum absolute atomic E-state index is 10.6. The molecule has 1 aromatic heterocycles. The monoisotopic (exact) mass is 239 g/mol. The molecule has 1 heterocycles. The molecular weight excluding hydrogens is 233 g/mol. The average Bonchev–Trinajstić information content (AvgIpc) is 2.02. The Morgan fingerprint density at radius 2 is 2.08 bits per heavy atom. The van der Waals surface area contributed by atoms with Crippen LogP contribution in [0.1, 0.15) is 5.56 Å². The second-order valence-electron chi connectivity index (χ2n) is 2.48. The van der Waals surface area contributed by atoms with Gasteiger partial charge in [-0.1, -0.05) is 17.7 Å². The Hall–Kier alpha value is -0.320. The largest absolute Gasteiger partial charge is 0.244 e. The summed E-state index contributed by atoms with van der Waals surface area (Å²) in [5, 5.41) is 0.387. The van der Waals surface area contributed by atoms with Crippen molar-refractivity contribution in [2.45, 2.75) is 6.42 Å². The summed E-state index contributed by atoms with van der Waals surface area (Å²) < 4.78 is 21.2. The van der Waals surface area contributed by atoms with Crippen LogP contribution in [0.2, 0.25) is 5.15 Å². The number of rotatable bonds is 3. The average molecular weight is 240 g/mol. The fourth-order valence-electron chi connectivity index (χ4n) is 0.794. The quantitative estimate of drug-likeness (QED) is 0.598. The molecule has 0 aliphatic rings. The molecule has 0 aliphatic heterocycles. The van der Waals surface area contributed by atoms with Gasteiger partial charge in [0.05, 0.1) is 5.75 Å². The Morgan fingerprint density at radius 1 is 1.38 bits per heavy atom. The minimum Gasteiger partial charge on any atom is -0.244 e.